The molecule has 2 aromatic heterocycles. The number of fused-ring (bicyclic) bond motifs is 3. The molecule has 0 bridgehead atoms. The summed E-state index contributed by atoms with van der Waals surface area (Å²) in [6.45, 7) is 6.16. The van der Waals surface area contributed by atoms with Crippen LogP contribution in [0.2, 0.25) is 0 Å². The fourth-order valence-corrected chi connectivity index (χ4v) is 3.80. The molecule has 0 fully saturated rings. The number of nitrogens with zero attached hydrogens (tertiary/aromatic N) is 3. The van der Waals surface area contributed by atoms with Crippen LogP contribution in [0, 0.1) is 0 Å². The summed E-state index contributed by atoms with van der Waals surface area (Å²) in [6.07, 6.45) is 1.79. The molecule has 4 rings (SSSR count). The predicted octanol–water partition coefficient (Wildman–Crippen LogP) is 3.55. The molecule has 0 aliphatic heterocycles. The summed E-state index contributed by atoms with van der Waals surface area (Å²) >= 11 is 0. The van der Waals surface area contributed by atoms with Gasteiger partial charge in [-0.2, -0.15) is 5.10 Å². The normalized spacial score (nSPS) is 12.4. The van der Waals surface area contributed by atoms with Crippen LogP contribution in [0.5, 0.6) is 5.75 Å². The lowest BCUT2D eigenvalue weighted by Gasteiger charge is -2.17. The molecule has 0 spiro atoms. The number of hydrogen-bond donors (Lipinski definition) is 1. The Kier molecular flexibility index (Phi) is 5.50. The second kappa shape index (κ2) is 8.26. The van der Waals surface area contributed by atoms with Gasteiger partial charge < -0.3 is 14.6 Å². The van der Waals surface area contributed by atoms with Crippen molar-refractivity contribution in [3.05, 3.63) is 70.6 Å². The van der Waals surface area contributed by atoms with Crippen LogP contribution in [0.25, 0.3) is 21.8 Å². The number of para-hydroxylation sites is 1. The molecule has 0 radical (unpaired) electrons. The first kappa shape index (κ1) is 20.7. The van der Waals surface area contributed by atoms with Gasteiger partial charge in [-0.15, -0.1) is 0 Å². The standard InChI is InChI=1S/C24H26N4O3/c1-15(2)31-18-11-9-17(10-12-18)13-25-23(29)16(3)28-21-8-6-5-7-19(21)20-14-26-27(4)24(30)22(20)28/h5-12,14-16H,13H2,1-4H3,(H,25,29)/t16-/m1/s1. The fraction of sp³-hybridized carbons (Fsp3) is 0.292. The van der Waals surface area contributed by atoms with Crippen molar-refractivity contribution in [3.8, 4) is 5.75 Å². The van der Waals surface area contributed by atoms with Gasteiger partial charge in [-0.25, -0.2) is 4.68 Å². The van der Waals surface area contributed by atoms with Crippen molar-refractivity contribution in [1.29, 1.82) is 0 Å². The van der Waals surface area contributed by atoms with Crippen LogP contribution in [0.1, 0.15) is 32.4 Å². The first-order chi connectivity index (χ1) is 14.9. The topological polar surface area (TPSA) is 78.2 Å². The van der Waals surface area contributed by atoms with Crippen molar-refractivity contribution in [2.75, 3.05) is 0 Å². The van der Waals surface area contributed by atoms with Crippen molar-refractivity contribution < 1.29 is 9.53 Å². The molecule has 0 aliphatic carbocycles. The minimum absolute atomic E-state index is 0.112. The number of aromatic nitrogens is 3. The largest absolute Gasteiger partial charge is 0.491 e. The molecule has 0 saturated carbocycles. The Morgan fingerprint density at radius 3 is 2.48 bits per heavy atom. The van der Waals surface area contributed by atoms with Gasteiger partial charge in [0.05, 0.1) is 17.8 Å². The van der Waals surface area contributed by atoms with Gasteiger partial charge in [0, 0.05) is 24.4 Å². The molecule has 2 aromatic carbocycles. The maximum atomic E-state index is 13.0. The monoisotopic (exact) mass is 418 g/mol. The molecule has 1 N–H and O–H groups in total. The summed E-state index contributed by atoms with van der Waals surface area (Å²) in [7, 11) is 1.61. The minimum atomic E-state index is -0.568. The van der Waals surface area contributed by atoms with Crippen LogP contribution < -0.4 is 15.6 Å². The Hall–Kier alpha value is -3.61. The number of benzene rings is 2. The fourth-order valence-electron chi connectivity index (χ4n) is 3.80. The maximum Gasteiger partial charge on any atom is 0.291 e. The highest BCUT2D eigenvalue weighted by molar-refractivity contribution is 6.08. The van der Waals surface area contributed by atoms with Crippen LogP contribution in [-0.2, 0) is 18.4 Å². The van der Waals surface area contributed by atoms with Crippen LogP contribution in [0.15, 0.2) is 59.5 Å². The Labute approximate surface area is 180 Å². The van der Waals surface area contributed by atoms with Crippen LogP contribution >= 0.6 is 0 Å². The zero-order valence-corrected chi connectivity index (χ0v) is 18.1. The van der Waals surface area contributed by atoms with E-state index in [4.69, 9.17) is 4.74 Å². The second-order valence-electron chi connectivity index (χ2n) is 7.93. The lowest BCUT2D eigenvalue weighted by molar-refractivity contribution is -0.123. The zero-order valence-electron chi connectivity index (χ0n) is 18.1. The number of ether oxygens (including phenoxy) is 1. The second-order valence-corrected chi connectivity index (χ2v) is 7.93. The van der Waals surface area contributed by atoms with E-state index < -0.39 is 6.04 Å². The van der Waals surface area contributed by atoms with Crippen molar-refractivity contribution in [3.63, 3.8) is 0 Å². The highest BCUT2D eigenvalue weighted by Gasteiger charge is 2.23. The summed E-state index contributed by atoms with van der Waals surface area (Å²) in [5, 5.41) is 8.80. The maximum absolute atomic E-state index is 13.0. The quantitative estimate of drug-likeness (QED) is 0.519. The number of rotatable bonds is 6. The molecule has 31 heavy (non-hydrogen) atoms. The number of hydrogen-bond acceptors (Lipinski definition) is 4. The van der Waals surface area contributed by atoms with E-state index in [0.717, 1.165) is 27.6 Å². The number of aryl methyl sites for hydroxylation is 1. The Bertz CT molecular complexity index is 1300. The van der Waals surface area contributed by atoms with Gasteiger partial charge in [0.25, 0.3) is 5.56 Å². The molecule has 0 saturated heterocycles. The van der Waals surface area contributed by atoms with Gasteiger partial charge in [-0.1, -0.05) is 30.3 Å². The Balaban J connectivity index is 1.61. The summed E-state index contributed by atoms with van der Waals surface area (Å²) in [4.78, 5) is 25.9. The highest BCUT2D eigenvalue weighted by atomic mass is 16.5. The van der Waals surface area contributed by atoms with E-state index in [1.54, 1.807) is 20.2 Å². The molecule has 4 aromatic rings. The van der Waals surface area contributed by atoms with Gasteiger partial charge >= 0.3 is 0 Å². The molecule has 1 amide bonds. The summed E-state index contributed by atoms with van der Waals surface area (Å²) in [5.74, 6) is 0.636. The molecule has 0 aliphatic rings. The predicted molar refractivity (Wildman–Crippen MR) is 121 cm³/mol. The van der Waals surface area contributed by atoms with E-state index in [1.165, 1.54) is 4.68 Å². The van der Waals surface area contributed by atoms with Gasteiger partial charge in [-0.05, 0) is 44.5 Å². The van der Waals surface area contributed by atoms with Gasteiger partial charge in [-0.3, -0.25) is 9.59 Å². The third-order valence-corrected chi connectivity index (χ3v) is 5.33. The molecule has 160 valence electrons. The lowest BCUT2D eigenvalue weighted by atomic mass is 10.2. The molecule has 7 heteroatoms. The minimum Gasteiger partial charge on any atom is -0.491 e. The van der Waals surface area contributed by atoms with Crippen molar-refractivity contribution in [2.45, 2.75) is 39.5 Å². The number of carbonyl (C=O) groups is 1. The smallest absolute Gasteiger partial charge is 0.291 e. The third kappa shape index (κ3) is 3.91. The summed E-state index contributed by atoms with van der Waals surface area (Å²) < 4.78 is 8.76. The molecular weight excluding hydrogens is 392 g/mol. The van der Waals surface area contributed by atoms with Crippen LogP contribution in [-0.4, -0.2) is 26.4 Å². The number of carbonyl (C=O) groups excluding carboxylic acids is 1. The first-order valence-corrected chi connectivity index (χ1v) is 10.3. The molecule has 2 heterocycles. The van der Waals surface area contributed by atoms with E-state index in [1.807, 2.05) is 66.9 Å². The third-order valence-electron chi connectivity index (χ3n) is 5.33. The van der Waals surface area contributed by atoms with Gasteiger partial charge in [0.2, 0.25) is 5.91 Å². The summed E-state index contributed by atoms with van der Waals surface area (Å²) in [6, 6.07) is 14.8. The number of nitrogens with one attached hydrogen (secondary N) is 1. The van der Waals surface area contributed by atoms with Gasteiger partial charge in [0.15, 0.2) is 0 Å². The zero-order chi connectivity index (χ0) is 22.1. The van der Waals surface area contributed by atoms with Crippen LogP contribution in [0.3, 0.4) is 0 Å². The van der Waals surface area contributed by atoms with Crippen molar-refractivity contribution >= 4 is 27.7 Å². The SMILES string of the molecule is CC(C)Oc1ccc(CNC(=O)[C@@H](C)n2c3ccccc3c3cnn(C)c(=O)c32)cc1. The van der Waals surface area contributed by atoms with E-state index in [-0.39, 0.29) is 17.6 Å². The van der Waals surface area contributed by atoms with Crippen LogP contribution in [0.4, 0.5) is 0 Å². The van der Waals surface area contributed by atoms with E-state index in [2.05, 4.69) is 10.4 Å². The molecular formula is C24H26N4O3. The van der Waals surface area contributed by atoms with Gasteiger partial charge in [0.1, 0.15) is 17.3 Å². The van der Waals surface area contributed by atoms with Crippen molar-refractivity contribution in [1.82, 2.24) is 19.7 Å². The number of amides is 1. The lowest BCUT2D eigenvalue weighted by Crippen LogP contribution is -2.32. The van der Waals surface area contributed by atoms with E-state index in [0.29, 0.717) is 12.1 Å². The average molecular weight is 418 g/mol. The van der Waals surface area contributed by atoms with E-state index >= 15 is 0 Å². The highest BCUT2D eigenvalue weighted by Crippen LogP contribution is 2.29. The molecule has 0 unspecified atom stereocenters. The van der Waals surface area contributed by atoms with E-state index in [9.17, 15) is 9.59 Å². The van der Waals surface area contributed by atoms with Crippen molar-refractivity contribution in [2.24, 2.45) is 7.05 Å². The molecule has 7 nitrogen and oxygen atoms in total. The Morgan fingerprint density at radius 2 is 1.77 bits per heavy atom. The average Bonchev–Trinajstić information content (AvgIpc) is 3.09. The first-order valence-electron chi connectivity index (χ1n) is 10.3. The summed E-state index contributed by atoms with van der Waals surface area (Å²) in [5.41, 5.74) is 2.06. The molecule has 1 atom stereocenters. The Morgan fingerprint density at radius 1 is 1.06 bits per heavy atom.